The molecule has 4 heteroatoms. The second-order valence-corrected chi connectivity index (χ2v) is 4.53. The van der Waals surface area contributed by atoms with E-state index in [-0.39, 0.29) is 0 Å². The predicted molar refractivity (Wildman–Crippen MR) is 71.2 cm³/mol. The number of ether oxygens (including phenoxy) is 1. The van der Waals surface area contributed by atoms with E-state index >= 15 is 0 Å². The highest BCUT2D eigenvalue weighted by atomic mass is 79.9. The van der Waals surface area contributed by atoms with Crippen molar-refractivity contribution < 1.29 is 4.74 Å². The standard InChI is InChI=1S/C13H13BrN2O/c1-15-7-10-2-4-12(5-3-10)17-13-6-11(14)8-16-9-13/h2-6,8-9,15H,7H2,1H3. The van der Waals surface area contributed by atoms with Crippen molar-refractivity contribution >= 4 is 15.9 Å². The summed E-state index contributed by atoms with van der Waals surface area (Å²) in [5.74, 6) is 1.53. The van der Waals surface area contributed by atoms with Gasteiger partial charge in [0.2, 0.25) is 0 Å². The molecule has 0 saturated carbocycles. The van der Waals surface area contributed by atoms with Crippen LogP contribution in [0.1, 0.15) is 5.56 Å². The summed E-state index contributed by atoms with van der Waals surface area (Å²) in [4.78, 5) is 4.05. The molecule has 88 valence electrons. The Morgan fingerprint density at radius 1 is 1.18 bits per heavy atom. The number of halogens is 1. The SMILES string of the molecule is CNCc1ccc(Oc2cncc(Br)c2)cc1. The molecule has 0 amide bonds. The quantitative estimate of drug-likeness (QED) is 0.938. The number of nitrogens with one attached hydrogen (secondary N) is 1. The number of hydrogen-bond acceptors (Lipinski definition) is 3. The van der Waals surface area contributed by atoms with E-state index in [4.69, 9.17) is 4.74 Å². The van der Waals surface area contributed by atoms with Gasteiger partial charge in [-0.3, -0.25) is 4.98 Å². The molecule has 0 saturated heterocycles. The van der Waals surface area contributed by atoms with Crippen molar-refractivity contribution in [3.8, 4) is 11.5 Å². The van der Waals surface area contributed by atoms with Crippen molar-refractivity contribution in [1.82, 2.24) is 10.3 Å². The fourth-order valence-electron chi connectivity index (χ4n) is 1.46. The largest absolute Gasteiger partial charge is 0.456 e. The van der Waals surface area contributed by atoms with E-state index in [1.54, 1.807) is 12.4 Å². The van der Waals surface area contributed by atoms with Crippen LogP contribution in [-0.4, -0.2) is 12.0 Å². The molecule has 2 rings (SSSR count). The van der Waals surface area contributed by atoms with E-state index in [9.17, 15) is 0 Å². The van der Waals surface area contributed by atoms with Crippen LogP contribution in [0, 0.1) is 0 Å². The molecule has 3 nitrogen and oxygen atoms in total. The Hall–Kier alpha value is -1.39. The minimum Gasteiger partial charge on any atom is -0.456 e. The van der Waals surface area contributed by atoms with Gasteiger partial charge in [0, 0.05) is 17.2 Å². The zero-order chi connectivity index (χ0) is 12.1. The van der Waals surface area contributed by atoms with Crippen molar-refractivity contribution in [2.45, 2.75) is 6.54 Å². The van der Waals surface area contributed by atoms with Gasteiger partial charge in [0.1, 0.15) is 11.5 Å². The van der Waals surface area contributed by atoms with E-state index in [0.29, 0.717) is 0 Å². The van der Waals surface area contributed by atoms with Crippen LogP contribution in [0.25, 0.3) is 0 Å². The zero-order valence-electron chi connectivity index (χ0n) is 9.48. The first-order valence-corrected chi connectivity index (χ1v) is 6.09. The molecule has 0 radical (unpaired) electrons. The number of aromatic nitrogens is 1. The molecule has 1 aromatic heterocycles. The molecule has 1 N–H and O–H groups in total. The van der Waals surface area contributed by atoms with Gasteiger partial charge in [-0.2, -0.15) is 0 Å². The maximum Gasteiger partial charge on any atom is 0.146 e. The fraction of sp³-hybridized carbons (Fsp3) is 0.154. The highest BCUT2D eigenvalue weighted by molar-refractivity contribution is 9.10. The van der Waals surface area contributed by atoms with Crippen LogP contribution < -0.4 is 10.1 Å². The third kappa shape index (κ3) is 3.54. The summed E-state index contributed by atoms with van der Waals surface area (Å²) in [5.41, 5.74) is 1.23. The Balaban J connectivity index is 2.08. The van der Waals surface area contributed by atoms with Crippen LogP contribution in [0.3, 0.4) is 0 Å². The first-order chi connectivity index (χ1) is 8.28. The van der Waals surface area contributed by atoms with Gasteiger partial charge < -0.3 is 10.1 Å². The maximum absolute atomic E-state index is 5.68. The Bertz CT molecular complexity index is 485. The number of benzene rings is 1. The number of rotatable bonds is 4. The summed E-state index contributed by atoms with van der Waals surface area (Å²) < 4.78 is 6.58. The lowest BCUT2D eigenvalue weighted by Crippen LogP contribution is -2.04. The second kappa shape index (κ2) is 5.80. The minimum atomic E-state index is 0.723. The van der Waals surface area contributed by atoms with Gasteiger partial charge in [-0.05, 0) is 46.7 Å². The predicted octanol–water partition coefficient (Wildman–Crippen LogP) is 3.36. The van der Waals surface area contributed by atoms with Crippen molar-refractivity contribution in [2.24, 2.45) is 0 Å². The zero-order valence-corrected chi connectivity index (χ0v) is 11.1. The molecule has 0 aliphatic carbocycles. The smallest absolute Gasteiger partial charge is 0.146 e. The van der Waals surface area contributed by atoms with Gasteiger partial charge in [-0.1, -0.05) is 12.1 Å². The van der Waals surface area contributed by atoms with Gasteiger partial charge in [-0.15, -0.1) is 0 Å². The Morgan fingerprint density at radius 2 is 1.94 bits per heavy atom. The van der Waals surface area contributed by atoms with Crippen molar-refractivity contribution in [2.75, 3.05) is 7.05 Å². The van der Waals surface area contributed by atoms with Crippen molar-refractivity contribution in [3.63, 3.8) is 0 Å². The first-order valence-electron chi connectivity index (χ1n) is 5.30. The molecule has 0 aliphatic heterocycles. The van der Waals surface area contributed by atoms with Crippen LogP contribution in [0.2, 0.25) is 0 Å². The second-order valence-electron chi connectivity index (χ2n) is 3.62. The first kappa shape index (κ1) is 12.1. The van der Waals surface area contributed by atoms with Crippen LogP contribution in [0.4, 0.5) is 0 Å². The third-order valence-corrected chi connectivity index (χ3v) is 2.65. The summed E-state index contributed by atoms with van der Waals surface area (Å²) in [6, 6.07) is 9.87. The number of hydrogen-bond donors (Lipinski definition) is 1. The van der Waals surface area contributed by atoms with Crippen LogP contribution >= 0.6 is 15.9 Å². The van der Waals surface area contributed by atoms with E-state index < -0.39 is 0 Å². The Labute approximate surface area is 109 Å². The van der Waals surface area contributed by atoms with Gasteiger partial charge >= 0.3 is 0 Å². The Morgan fingerprint density at radius 3 is 2.59 bits per heavy atom. The van der Waals surface area contributed by atoms with E-state index in [0.717, 1.165) is 22.5 Å². The lowest BCUT2D eigenvalue weighted by Gasteiger charge is -2.06. The molecule has 17 heavy (non-hydrogen) atoms. The van der Waals surface area contributed by atoms with E-state index in [1.165, 1.54) is 5.56 Å². The maximum atomic E-state index is 5.68. The normalized spacial score (nSPS) is 10.2. The number of pyridine rings is 1. The Kier molecular flexibility index (Phi) is 4.12. The summed E-state index contributed by atoms with van der Waals surface area (Å²) >= 11 is 3.36. The fourth-order valence-corrected chi connectivity index (χ4v) is 1.81. The van der Waals surface area contributed by atoms with Crippen LogP contribution in [0.5, 0.6) is 11.5 Å². The van der Waals surface area contributed by atoms with Gasteiger partial charge in [-0.25, -0.2) is 0 Å². The molecule has 0 aliphatic rings. The molecular formula is C13H13BrN2O. The molecule has 2 aromatic rings. The lowest BCUT2D eigenvalue weighted by atomic mass is 10.2. The molecule has 0 bridgehead atoms. The molecule has 0 fully saturated rings. The van der Waals surface area contributed by atoms with Gasteiger partial charge in [0.15, 0.2) is 0 Å². The summed E-state index contributed by atoms with van der Waals surface area (Å²) in [5, 5.41) is 3.10. The molecule has 1 heterocycles. The summed E-state index contributed by atoms with van der Waals surface area (Å²) in [6.07, 6.45) is 3.41. The molecule has 0 atom stereocenters. The summed E-state index contributed by atoms with van der Waals surface area (Å²) in [7, 11) is 1.93. The lowest BCUT2D eigenvalue weighted by molar-refractivity contribution is 0.479. The topological polar surface area (TPSA) is 34.1 Å². The number of nitrogens with zero attached hydrogens (tertiary/aromatic N) is 1. The van der Waals surface area contributed by atoms with Gasteiger partial charge in [0.25, 0.3) is 0 Å². The minimum absolute atomic E-state index is 0.723. The monoisotopic (exact) mass is 292 g/mol. The van der Waals surface area contributed by atoms with E-state index in [2.05, 4.69) is 26.2 Å². The molecule has 0 unspecified atom stereocenters. The molecule has 1 aromatic carbocycles. The average Bonchev–Trinajstić information content (AvgIpc) is 2.32. The third-order valence-electron chi connectivity index (χ3n) is 2.22. The highest BCUT2D eigenvalue weighted by Gasteiger charge is 1.99. The van der Waals surface area contributed by atoms with Crippen LogP contribution in [0.15, 0.2) is 47.2 Å². The van der Waals surface area contributed by atoms with Crippen molar-refractivity contribution in [3.05, 3.63) is 52.8 Å². The summed E-state index contributed by atoms with van der Waals surface area (Å²) in [6.45, 7) is 0.860. The highest BCUT2D eigenvalue weighted by Crippen LogP contribution is 2.23. The molecule has 0 spiro atoms. The van der Waals surface area contributed by atoms with E-state index in [1.807, 2.05) is 37.4 Å². The average molecular weight is 293 g/mol. The van der Waals surface area contributed by atoms with Crippen molar-refractivity contribution in [1.29, 1.82) is 0 Å². The van der Waals surface area contributed by atoms with Crippen LogP contribution in [-0.2, 0) is 6.54 Å². The van der Waals surface area contributed by atoms with Gasteiger partial charge in [0.05, 0.1) is 6.20 Å². The molecular weight excluding hydrogens is 280 g/mol.